The van der Waals surface area contributed by atoms with Crippen LogP contribution in [0.2, 0.25) is 0 Å². The lowest BCUT2D eigenvalue weighted by Gasteiger charge is -2.21. The summed E-state index contributed by atoms with van der Waals surface area (Å²) < 4.78 is 2.11. The van der Waals surface area contributed by atoms with Crippen LogP contribution in [-0.2, 0) is 7.05 Å². The average molecular weight is 271 g/mol. The first-order valence-electron chi connectivity index (χ1n) is 7.66. The Morgan fingerprint density at radius 3 is 2.25 bits per heavy atom. The molecule has 2 fully saturated rings. The molecule has 0 spiro atoms. The first-order valence-corrected chi connectivity index (χ1v) is 7.66. The van der Waals surface area contributed by atoms with Crippen molar-refractivity contribution in [1.82, 2.24) is 14.5 Å². The second-order valence-electron chi connectivity index (χ2n) is 5.90. The van der Waals surface area contributed by atoms with Crippen molar-refractivity contribution < 1.29 is 0 Å². The van der Waals surface area contributed by atoms with Crippen LogP contribution in [0, 0.1) is 0 Å². The fourth-order valence-corrected chi connectivity index (χ4v) is 3.34. The topological polar surface area (TPSA) is 37.2 Å². The van der Waals surface area contributed by atoms with Gasteiger partial charge in [-0.1, -0.05) is 0 Å². The van der Waals surface area contributed by atoms with Crippen LogP contribution in [0.4, 0.5) is 11.8 Å². The second kappa shape index (κ2) is 4.65. The van der Waals surface area contributed by atoms with E-state index in [0.29, 0.717) is 0 Å². The summed E-state index contributed by atoms with van der Waals surface area (Å²) in [5.74, 6) is 2.05. The third kappa shape index (κ3) is 1.84. The second-order valence-corrected chi connectivity index (χ2v) is 5.90. The molecule has 4 rings (SSSR count). The zero-order valence-corrected chi connectivity index (χ0v) is 12.0. The molecule has 2 aromatic heterocycles. The molecule has 2 aromatic rings. The summed E-state index contributed by atoms with van der Waals surface area (Å²) in [5, 5.41) is 1.19. The maximum Gasteiger partial charge on any atom is 0.229 e. The number of rotatable bonds is 2. The maximum absolute atomic E-state index is 4.91. The highest BCUT2D eigenvalue weighted by molar-refractivity contribution is 5.89. The molecule has 5 heteroatoms. The Morgan fingerprint density at radius 2 is 1.55 bits per heavy atom. The van der Waals surface area contributed by atoms with E-state index in [-0.39, 0.29) is 0 Å². The van der Waals surface area contributed by atoms with Crippen molar-refractivity contribution in [2.45, 2.75) is 25.7 Å². The van der Waals surface area contributed by atoms with Gasteiger partial charge in [-0.15, -0.1) is 0 Å². The zero-order chi connectivity index (χ0) is 13.5. The summed E-state index contributed by atoms with van der Waals surface area (Å²) in [6.07, 6.45) is 7.16. The molecule has 0 N–H and O–H groups in total. The average Bonchev–Trinajstić information content (AvgIpc) is 3.20. The van der Waals surface area contributed by atoms with Gasteiger partial charge in [-0.25, -0.2) is 0 Å². The van der Waals surface area contributed by atoms with Gasteiger partial charge in [0.2, 0.25) is 5.95 Å². The lowest BCUT2D eigenvalue weighted by molar-refractivity contribution is 0.869. The van der Waals surface area contributed by atoms with Crippen LogP contribution in [0.25, 0.3) is 11.0 Å². The quantitative estimate of drug-likeness (QED) is 0.839. The molecule has 0 radical (unpaired) electrons. The number of anilines is 2. The van der Waals surface area contributed by atoms with E-state index in [1.165, 1.54) is 31.1 Å². The predicted molar refractivity (Wildman–Crippen MR) is 81.4 cm³/mol. The largest absolute Gasteiger partial charge is 0.356 e. The predicted octanol–water partition coefficient (Wildman–Crippen LogP) is 2.17. The van der Waals surface area contributed by atoms with Crippen LogP contribution >= 0.6 is 0 Å². The fraction of sp³-hybridized carbons (Fsp3) is 0.600. The minimum absolute atomic E-state index is 0.915. The zero-order valence-electron chi connectivity index (χ0n) is 12.0. The van der Waals surface area contributed by atoms with Gasteiger partial charge in [0.25, 0.3) is 0 Å². The molecule has 4 heterocycles. The van der Waals surface area contributed by atoms with Crippen LogP contribution in [0.15, 0.2) is 12.3 Å². The third-order valence-electron chi connectivity index (χ3n) is 4.49. The van der Waals surface area contributed by atoms with Crippen LogP contribution < -0.4 is 9.80 Å². The van der Waals surface area contributed by atoms with Gasteiger partial charge >= 0.3 is 0 Å². The van der Waals surface area contributed by atoms with Crippen molar-refractivity contribution in [3.05, 3.63) is 12.3 Å². The van der Waals surface area contributed by atoms with Gasteiger partial charge in [0.1, 0.15) is 11.5 Å². The summed E-state index contributed by atoms with van der Waals surface area (Å²) in [4.78, 5) is 14.5. The summed E-state index contributed by atoms with van der Waals surface area (Å²) in [6.45, 7) is 4.44. The number of hydrogen-bond acceptors (Lipinski definition) is 4. The molecular formula is C15H21N5. The fourth-order valence-electron chi connectivity index (χ4n) is 3.34. The molecule has 0 saturated carbocycles. The Labute approximate surface area is 119 Å². The van der Waals surface area contributed by atoms with Crippen molar-refractivity contribution in [2.24, 2.45) is 7.05 Å². The number of nitrogens with zero attached hydrogens (tertiary/aromatic N) is 5. The van der Waals surface area contributed by atoms with E-state index in [2.05, 4.69) is 33.7 Å². The van der Waals surface area contributed by atoms with E-state index in [9.17, 15) is 0 Å². The summed E-state index contributed by atoms with van der Waals surface area (Å²) in [5.41, 5.74) is 1.06. The molecular weight excluding hydrogens is 250 g/mol. The Hall–Kier alpha value is -1.78. The molecule has 0 amide bonds. The summed E-state index contributed by atoms with van der Waals surface area (Å²) in [6, 6.07) is 2.15. The molecule has 0 bridgehead atoms. The van der Waals surface area contributed by atoms with E-state index in [1.54, 1.807) is 0 Å². The molecule has 20 heavy (non-hydrogen) atoms. The van der Waals surface area contributed by atoms with Crippen LogP contribution in [0.1, 0.15) is 25.7 Å². The van der Waals surface area contributed by atoms with Crippen LogP contribution in [0.5, 0.6) is 0 Å². The van der Waals surface area contributed by atoms with Gasteiger partial charge in [-0.3, -0.25) is 0 Å². The van der Waals surface area contributed by atoms with Crippen molar-refractivity contribution in [3.63, 3.8) is 0 Å². The molecule has 2 aliphatic heterocycles. The Kier molecular flexibility index (Phi) is 2.79. The molecule has 106 valence electrons. The lowest BCUT2D eigenvalue weighted by Crippen LogP contribution is -2.24. The van der Waals surface area contributed by atoms with E-state index >= 15 is 0 Å². The van der Waals surface area contributed by atoms with E-state index in [0.717, 1.165) is 43.6 Å². The highest BCUT2D eigenvalue weighted by atomic mass is 15.3. The Balaban J connectivity index is 1.85. The molecule has 2 aliphatic rings. The first kappa shape index (κ1) is 12.0. The SMILES string of the molecule is Cn1ccc2c(N3CCCC3)nc(N3CCCC3)nc21. The van der Waals surface area contributed by atoms with E-state index in [4.69, 9.17) is 9.97 Å². The molecule has 0 unspecified atom stereocenters. The summed E-state index contributed by atoms with van der Waals surface area (Å²) >= 11 is 0. The van der Waals surface area contributed by atoms with Crippen molar-refractivity contribution in [1.29, 1.82) is 0 Å². The molecule has 2 saturated heterocycles. The van der Waals surface area contributed by atoms with Crippen LogP contribution in [0.3, 0.4) is 0 Å². The standard InChI is InChI=1S/C15H21N5/c1-18-11-6-12-13(18)16-15(20-9-4-5-10-20)17-14(12)19-7-2-3-8-19/h6,11H,2-5,7-10H2,1H3. The van der Waals surface area contributed by atoms with Gasteiger partial charge in [0.15, 0.2) is 0 Å². The number of aromatic nitrogens is 3. The molecule has 0 aliphatic carbocycles. The third-order valence-corrected chi connectivity index (χ3v) is 4.49. The van der Waals surface area contributed by atoms with Gasteiger partial charge in [-0.05, 0) is 31.7 Å². The number of hydrogen-bond donors (Lipinski definition) is 0. The van der Waals surface area contributed by atoms with E-state index < -0.39 is 0 Å². The molecule has 5 nitrogen and oxygen atoms in total. The molecule has 0 aromatic carbocycles. The monoisotopic (exact) mass is 271 g/mol. The van der Waals surface area contributed by atoms with Crippen molar-refractivity contribution in [3.8, 4) is 0 Å². The van der Waals surface area contributed by atoms with Gasteiger partial charge < -0.3 is 14.4 Å². The lowest BCUT2D eigenvalue weighted by atomic mass is 10.3. The molecule has 0 atom stereocenters. The van der Waals surface area contributed by atoms with E-state index in [1.807, 2.05) is 0 Å². The number of fused-ring (bicyclic) bond motifs is 1. The minimum atomic E-state index is 0.915. The van der Waals surface area contributed by atoms with Gasteiger partial charge in [0, 0.05) is 39.4 Å². The normalized spacial score (nSPS) is 19.4. The van der Waals surface area contributed by atoms with Gasteiger partial charge in [-0.2, -0.15) is 9.97 Å². The van der Waals surface area contributed by atoms with Gasteiger partial charge in [0.05, 0.1) is 5.39 Å². The Bertz CT molecular complexity index is 620. The van der Waals surface area contributed by atoms with Crippen LogP contribution in [-0.4, -0.2) is 40.7 Å². The highest BCUT2D eigenvalue weighted by Gasteiger charge is 2.22. The van der Waals surface area contributed by atoms with Crippen molar-refractivity contribution >= 4 is 22.8 Å². The van der Waals surface area contributed by atoms with Crippen molar-refractivity contribution in [2.75, 3.05) is 36.0 Å². The smallest absolute Gasteiger partial charge is 0.229 e. The summed E-state index contributed by atoms with van der Waals surface area (Å²) in [7, 11) is 2.07. The Morgan fingerprint density at radius 1 is 0.900 bits per heavy atom. The number of aryl methyl sites for hydroxylation is 1. The first-order chi connectivity index (χ1) is 9.83. The highest BCUT2D eigenvalue weighted by Crippen LogP contribution is 2.30. The maximum atomic E-state index is 4.91. The minimum Gasteiger partial charge on any atom is -0.356 e.